The summed E-state index contributed by atoms with van der Waals surface area (Å²) in [4.78, 5) is 34.7. The van der Waals surface area contributed by atoms with Gasteiger partial charge in [0.1, 0.15) is 5.65 Å². The molecule has 2 bridgehead atoms. The summed E-state index contributed by atoms with van der Waals surface area (Å²) in [6.45, 7) is 0. The molecule has 10 heteroatoms. The number of primary amides is 1. The number of hydrogen-bond acceptors (Lipinski definition) is 6. The number of H-pyrrole nitrogens is 1. The van der Waals surface area contributed by atoms with E-state index in [0.29, 0.717) is 22.5 Å². The largest absolute Gasteiger partial charge is 0.381 e. The molecule has 3 atom stereocenters. The van der Waals surface area contributed by atoms with Crippen molar-refractivity contribution in [1.29, 1.82) is 0 Å². The SMILES string of the molecule is CS(=O)(=O)c1ccc(C(=O)N2[C@@H]3CC[C@H]2CC(Nc2c(C(N)=O)cnc4[nH]ccc24)C3)cc1. The zero-order valence-corrected chi connectivity index (χ0v) is 18.9. The molecule has 33 heavy (non-hydrogen) atoms. The van der Waals surface area contributed by atoms with Gasteiger partial charge in [-0.25, -0.2) is 13.4 Å². The summed E-state index contributed by atoms with van der Waals surface area (Å²) in [6.07, 6.45) is 7.72. The zero-order chi connectivity index (χ0) is 23.3. The second-order valence-corrected chi connectivity index (χ2v) is 10.9. The summed E-state index contributed by atoms with van der Waals surface area (Å²) in [6, 6.07) is 8.23. The van der Waals surface area contributed by atoms with E-state index in [1.54, 1.807) is 18.3 Å². The molecule has 2 amide bonds. The Bertz CT molecular complexity index is 1330. The van der Waals surface area contributed by atoms with Crippen molar-refractivity contribution in [2.24, 2.45) is 5.73 Å². The summed E-state index contributed by atoms with van der Waals surface area (Å²) in [7, 11) is -3.31. The number of fused-ring (bicyclic) bond motifs is 3. The molecule has 2 aliphatic rings. The van der Waals surface area contributed by atoms with Gasteiger partial charge >= 0.3 is 0 Å². The highest BCUT2D eigenvalue weighted by Gasteiger charge is 2.43. The minimum absolute atomic E-state index is 0.0731. The lowest BCUT2D eigenvalue weighted by molar-refractivity contribution is 0.0583. The highest BCUT2D eigenvalue weighted by atomic mass is 32.2. The fraction of sp³-hybridized carbons (Fsp3) is 0.348. The normalized spacial score (nSPS) is 22.5. The molecule has 0 saturated carbocycles. The third-order valence-electron chi connectivity index (χ3n) is 6.70. The molecule has 3 aromatic rings. The van der Waals surface area contributed by atoms with Crippen molar-refractivity contribution in [3.8, 4) is 0 Å². The van der Waals surface area contributed by atoms with Gasteiger partial charge in [-0.05, 0) is 56.0 Å². The molecule has 4 N–H and O–H groups in total. The lowest BCUT2D eigenvalue weighted by Gasteiger charge is -2.40. The number of rotatable bonds is 5. The molecule has 2 aromatic heterocycles. The molecular weight excluding hydrogens is 442 g/mol. The Hall–Kier alpha value is -3.40. The number of benzene rings is 1. The zero-order valence-electron chi connectivity index (χ0n) is 18.1. The number of carbonyl (C=O) groups is 2. The number of hydrogen-bond donors (Lipinski definition) is 3. The van der Waals surface area contributed by atoms with Crippen LogP contribution in [0.2, 0.25) is 0 Å². The highest BCUT2D eigenvalue weighted by molar-refractivity contribution is 7.90. The van der Waals surface area contributed by atoms with Gasteiger partial charge in [0.05, 0.1) is 16.1 Å². The fourth-order valence-corrected chi connectivity index (χ4v) is 5.81. The molecule has 2 fully saturated rings. The van der Waals surface area contributed by atoms with Crippen LogP contribution in [0.5, 0.6) is 0 Å². The quantitative estimate of drug-likeness (QED) is 0.526. The Balaban J connectivity index is 1.36. The number of piperidine rings is 1. The number of sulfone groups is 1. The van der Waals surface area contributed by atoms with E-state index in [2.05, 4.69) is 15.3 Å². The van der Waals surface area contributed by atoms with Crippen LogP contribution in [0.3, 0.4) is 0 Å². The molecule has 9 nitrogen and oxygen atoms in total. The van der Waals surface area contributed by atoms with Crippen LogP contribution in [0, 0.1) is 0 Å². The van der Waals surface area contributed by atoms with Crippen molar-refractivity contribution in [1.82, 2.24) is 14.9 Å². The average Bonchev–Trinajstić information content (AvgIpc) is 3.35. The van der Waals surface area contributed by atoms with Gasteiger partial charge in [0.15, 0.2) is 9.84 Å². The minimum atomic E-state index is -3.31. The first kappa shape index (κ1) is 21.4. The number of nitrogens with one attached hydrogen (secondary N) is 2. The number of aromatic amines is 1. The van der Waals surface area contributed by atoms with Gasteiger partial charge < -0.3 is 20.9 Å². The molecule has 2 saturated heterocycles. The Morgan fingerprint density at radius 1 is 1.12 bits per heavy atom. The monoisotopic (exact) mass is 467 g/mol. The van der Waals surface area contributed by atoms with Crippen LogP contribution < -0.4 is 11.1 Å². The Labute approximate surface area is 191 Å². The number of anilines is 1. The van der Waals surface area contributed by atoms with Crippen molar-refractivity contribution >= 4 is 38.4 Å². The number of aromatic nitrogens is 2. The predicted molar refractivity (Wildman–Crippen MR) is 124 cm³/mol. The van der Waals surface area contributed by atoms with E-state index in [0.717, 1.165) is 37.3 Å². The van der Waals surface area contributed by atoms with E-state index in [1.165, 1.54) is 18.3 Å². The number of carbonyl (C=O) groups excluding carboxylic acids is 2. The van der Waals surface area contributed by atoms with Crippen LogP contribution in [0.15, 0.2) is 47.6 Å². The molecule has 1 aromatic carbocycles. The van der Waals surface area contributed by atoms with E-state index in [-0.39, 0.29) is 28.9 Å². The minimum Gasteiger partial charge on any atom is -0.381 e. The maximum Gasteiger partial charge on any atom is 0.254 e. The molecule has 4 heterocycles. The van der Waals surface area contributed by atoms with Crippen molar-refractivity contribution in [3.05, 3.63) is 53.9 Å². The first-order valence-electron chi connectivity index (χ1n) is 10.9. The first-order chi connectivity index (χ1) is 15.7. The van der Waals surface area contributed by atoms with Crippen molar-refractivity contribution in [3.63, 3.8) is 0 Å². The van der Waals surface area contributed by atoms with Crippen molar-refractivity contribution in [2.75, 3.05) is 11.6 Å². The lowest BCUT2D eigenvalue weighted by atomic mass is 9.95. The number of pyridine rings is 1. The van der Waals surface area contributed by atoms with E-state index >= 15 is 0 Å². The van der Waals surface area contributed by atoms with Crippen LogP contribution in [-0.2, 0) is 9.84 Å². The first-order valence-corrected chi connectivity index (χ1v) is 12.8. The van der Waals surface area contributed by atoms with Crippen LogP contribution in [0.25, 0.3) is 11.0 Å². The summed E-state index contributed by atoms with van der Waals surface area (Å²) >= 11 is 0. The third-order valence-corrected chi connectivity index (χ3v) is 7.83. The Kier molecular flexibility index (Phi) is 5.12. The van der Waals surface area contributed by atoms with E-state index < -0.39 is 15.7 Å². The Morgan fingerprint density at radius 3 is 2.39 bits per heavy atom. The van der Waals surface area contributed by atoms with Gasteiger partial charge in [-0.1, -0.05) is 0 Å². The fourth-order valence-electron chi connectivity index (χ4n) is 5.17. The average molecular weight is 468 g/mol. The van der Waals surface area contributed by atoms with Gasteiger partial charge in [0, 0.05) is 47.7 Å². The standard InChI is InChI=1S/C23H25N5O4S/c1-33(31,32)17-6-2-13(3-7-17)23(30)28-15-4-5-16(28)11-14(10-15)27-20-18-8-9-25-22(18)26-12-19(20)21(24)29/h2-3,6-9,12,14-16H,4-5,10-11H2,1H3,(H2,24,29)(H2,25,26,27)/t14?,15-,16+. The lowest BCUT2D eigenvalue weighted by Crippen LogP contribution is -2.49. The van der Waals surface area contributed by atoms with Crippen molar-refractivity contribution < 1.29 is 18.0 Å². The topological polar surface area (TPSA) is 138 Å². The molecule has 0 spiro atoms. The molecule has 172 valence electrons. The van der Waals surface area contributed by atoms with Gasteiger partial charge in [-0.3, -0.25) is 9.59 Å². The number of amides is 2. The highest BCUT2D eigenvalue weighted by Crippen LogP contribution is 2.39. The Morgan fingerprint density at radius 2 is 1.79 bits per heavy atom. The van der Waals surface area contributed by atoms with Crippen LogP contribution >= 0.6 is 0 Å². The summed E-state index contributed by atoms with van der Waals surface area (Å²) in [5.41, 5.74) is 7.78. The summed E-state index contributed by atoms with van der Waals surface area (Å²) < 4.78 is 23.4. The molecule has 2 aliphatic heterocycles. The molecular formula is C23H25N5O4S. The molecule has 1 unspecified atom stereocenters. The maximum absolute atomic E-state index is 13.3. The second-order valence-electron chi connectivity index (χ2n) is 8.86. The number of nitrogens with two attached hydrogens (primary N) is 1. The second kappa shape index (κ2) is 7.87. The van der Waals surface area contributed by atoms with Crippen LogP contribution in [-0.4, -0.2) is 59.5 Å². The van der Waals surface area contributed by atoms with E-state index in [1.807, 2.05) is 11.0 Å². The van der Waals surface area contributed by atoms with Gasteiger partial charge in [-0.2, -0.15) is 0 Å². The van der Waals surface area contributed by atoms with Gasteiger partial charge in [-0.15, -0.1) is 0 Å². The van der Waals surface area contributed by atoms with E-state index in [4.69, 9.17) is 5.73 Å². The third kappa shape index (κ3) is 3.84. The predicted octanol–water partition coefficient (Wildman–Crippen LogP) is 2.31. The van der Waals surface area contributed by atoms with Crippen LogP contribution in [0.1, 0.15) is 46.4 Å². The van der Waals surface area contributed by atoms with Crippen molar-refractivity contribution in [2.45, 2.75) is 48.7 Å². The van der Waals surface area contributed by atoms with Gasteiger partial charge in [0.25, 0.3) is 11.8 Å². The summed E-state index contributed by atoms with van der Waals surface area (Å²) in [5, 5.41) is 4.33. The van der Waals surface area contributed by atoms with Crippen LogP contribution in [0.4, 0.5) is 5.69 Å². The molecule has 0 aliphatic carbocycles. The number of nitrogens with zero attached hydrogens (tertiary/aromatic N) is 2. The maximum atomic E-state index is 13.3. The van der Waals surface area contributed by atoms with Gasteiger partial charge in [0.2, 0.25) is 0 Å². The molecule has 0 radical (unpaired) electrons. The smallest absolute Gasteiger partial charge is 0.254 e. The summed E-state index contributed by atoms with van der Waals surface area (Å²) in [5.74, 6) is -0.614. The molecule has 5 rings (SSSR count). The van der Waals surface area contributed by atoms with E-state index in [9.17, 15) is 18.0 Å².